The average molecular weight is 266 g/mol. The van der Waals surface area contributed by atoms with Crippen molar-refractivity contribution in [2.24, 2.45) is 0 Å². The molecule has 1 aromatic carbocycles. The number of hydrogen-bond donors (Lipinski definition) is 1. The van der Waals surface area contributed by atoms with Gasteiger partial charge in [-0.3, -0.25) is 0 Å². The summed E-state index contributed by atoms with van der Waals surface area (Å²) in [6.07, 6.45) is 5.30. The molecular weight excluding hydrogens is 246 g/mol. The minimum atomic E-state index is 0.448. The fraction of sp³-hybridized carbons (Fsp3) is 0.600. The summed E-state index contributed by atoms with van der Waals surface area (Å²) >= 11 is 6.22. The Hall–Kier alpha value is -0.570. The van der Waals surface area contributed by atoms with Crippen molar-refractivity contribution in [2.45, 2.75) is 43.7 Å². The van der Waals surface area contributed by atoms with Gasteiger partial charge in [0.2, 0.25) is 0 Å². The predicted molar refractivity (Wildman–Crippen MR) is 74.2 cm³/mol. The first-order chi connectivity index (χ1) is 8.83. The van der Waals surface area contributed by atoms with Gasteiger partial charge in [-0.1, -0.05) is 29.8 Å². The van der Waals surface area contributed by atoms with Crippen LogP contribution < -0.4 is 5.32 Å². The first-order valence-electron chi connectivity index (χ1n) is 6.92. The maximum absolute atomic E-state index is 6.22. The van der Waals surface area contributed by atoms with Crippen molar-refractivity contribution in [2.75, 3.05) is 13.2 Å². The van der Waals surface area contributed by atoms with E-state index in [1.54, 1.807) is 0 Å². The van der Waals surface area contributed by atoms with Gasteiger partial charge in [0.25, 0.3) is 0 Å². The normalized spacial score (nSPS) is 31.3. The first-order valence-corrected chi connectivity index (χ1v) is 7.30. The maximum Gasteiger partial charge on any atom is 0.0700 e. The Balaban J connectivity index is 1.44. The van der Waals surface area contributed by atoms with Crippen molar-refractivity contribution >= 4 is 11.6 Å². The number of benzene rings is 1. The lowest BCUT2D eigenvalue weighted by molar-refractivity contribution is 0.102. The van der Waals surface area contributed by atoms with Crippen molar-refractivity contribution in [3.63, 3.8) is 0 Å². The predicted octanol–water partition coefficient (Wildman–Crippen LogP) is 3.35. The molecule has 2 nitrogen and oxygen atoms in total. The molecule has 0 radical (unpaired) electrons. The number of ether oxygens (including phenoxy) is 1. The molecule has 2 fully saturated rings. The summed E-state index contributed by atoms with van der Waals surface area (Å²) in [5, 5.41) is 4.53. The van der Waals surface area contributed by atoms with Gasteiger partial charge >= 0.3 is 0 Å². The van der Waals surface area contributed by atoms with E-state index in [4.69, 9.17) is 16.3 Å². The summed E-state index contributed by atoms with van der Waals surface area (Å²) < 4.78 is 5.62. The van der Waals surface area contributed by atoms with E-state index >= 15 is 0 Å². The highest BCUT2D eigenvalue weighted by molar-refractivity contribution is 6.31. The lowest BCUT2D eigenvalue weighted by Gasteiger charge is -2.37. The van der Waals surface area contributed by atoms with E-state index in [0.29, 0.717) is 18.1 Å². The van der Waals surface area contributed by atoms with Crippen LogP contribution in [0.3, 0.4) is 0 Å². The number of halogens is 1. The largest absolute Gasteiger partial charge is 0.377 e. The highest BCUT2D eigenvalue weighted by atomic mass is 35.5. The molecule has 1 unspecified atom stereocenters. The molecule has 2 aliphatic rings. The number of rotatable bonds is 4. The summed E-state index contributed by atoms with van der Waals surface area (Å²) in [5.41, 5.74) is 1.31. The molecule has 1 atom stereocenters. The Labute approximate surface area is 114 Å². The van der Waals surface area contributed by atoms with Crippen LogP contribution in [0.25, 0.3) is 0 Å². The Bertz CT molecular complexity index is 397. The quantitative estimate of drug-likeness (QED) is 0.901. The van der Waals surface area contributed by atoms with Gasteiger partial charge < -0.3 is 10.1 Å². The molecule has 1 heterocycles. The molecule has 3 heteroatoms. The van der Waals surface area contributed by atoms with Gasteiger partial charge in [-0.25, -0.2) is 0 Å². The van der Waals surface area contributed by atoms with Gasteiger partial charge in [-0.05, 0) is 43.2 Å². The van der Waals surface area contributed by atoms with Crippen molar-refractivity contribution in [3.05, 3.63) is 34.9 Å². The second-order valence-corrected chi connectivity index (χ2v) is 5.84. The fourth-order valence-electron chi connectivity index (χ4n) is 2.95. The van der Waals surface area contributed by atoms with Crippen LogP contribution in [0.2, 0.25) is 5.02 Å². The van der Waals surface area contributed by atoms with E-state index in [2.05, 4.69) is 17.4 Å². The molecule has 1 aliphatic heterocycles. The van der Waals surface area contributed by atoms with Gasteiger partial charge in [-0.15, -0.1) is 0 Å². The van der Waals surface area contributed by atoms with Crippen LogP contribution in [0.15, 0.2) is 24.3 Å². The summed E-state index contributed by atoms with van der Waals surface area (Å²) in [4.78, 5) is 0. The Morgan fingerprint density at radius 3 is 2.83 bits per heavy atom. The van der Waals surface area contributed by atoms with E-state index in [1.165, 1.54) is 31.2 Å². The Kier molecular flexibility index (Phi) is 3.88. The average Bonchev–Trinajstić information content (AvgIpc) is 2.82. The number of hydrogen-bond acceptors (Lipinski definition) is 2. The van der Waals surface area contributed by atoms with Crippen LogP contribution in [-0.2, 0) is 4.74 Å². The van der Waals surface area contributed by atoms with Gasteiger partial charge in [0.05, 0.1) is 6.10 Å². The molecule has 0 bridgehead atoms. The van der Waals surface area contributed by atoms with Crippen LogP contribution >= 0.6 is 11.6 Å². The summed E-state index contributed by atoms with van der Waals surface area (Å²) in [7, 11) is 0. The van der Waals surface area contributed by atoms with E-state index < -0.39 is 0 Å². The zero-order valence-corrected chi connectivity index (χ0v) is 11.3. The first kappa shape index (κ1) is 12.5. The SMILES string of the molecule is Clc1ccccc1C1CC(NCC2CCCO2)C1. The van der Waals surface area contributed by atoms with Crippen LogP contribution in [0.1, 0.15) is 37.2 Å². The molecule has 1 saturated carbocycles. The molecule has 0 spiro atoms. The molecular formula is C15H20ClNO. The molecule has 0 aromatic heterocycles. The third-order valence-electron chi connectivity index (χ3n) is 4.14. The second-order valence-electron chi connectivity index (χ2n) is 5.43. The number of nitrogens with one attached hydrogen (secondary N) is 1. The van der Waals surface area contributed by atoms with Gasteiger partial charge in [0, 0.05) is 24.2 Å². The van der Waals surface area contributed by atoms with E-state index in [-0.39, 0.29) is 0 Å². The maximum atomic E-state index is 6.22. The monoisotopic (exact) mass is 265 g/mol. The summed E-state index contributed by atoms with van der Waals surface area (Å²) in [6, 6.07) is 8.87. The molecule has 1 aliphatic carbocycles. The molecule has 18 heavy (non-hydrogen) atoms. The molecule has 0 amide bonds. The molecule has 1 aromatic rings. The highest BCUT2D eigenvalue weighted by Crippen LogP contribution is 2.39. The van der Waals surface area contributed by atoms with Crippen molar-refractivity contribution in [1.29, 1.82) is 0 Å². The van der Waals surface area contributed by atoms with E-state index in [0.717, 1.165) is 18.2 Å². The topological polar surface area (TPSA) is 21.3 Å². The van der Waals surface area contributed by atoms with Gasteiger partial charge in [0.15, 0.2) is 0 Å². The second kappa shape index (κ2) is 5.60. The standard InChI is InChI=1S/C15H20ClNO/c16-15-6-2-1-5-14(15)11-8-12(9-11)17-10-13-4-3-7-18-13/h1-2,5-6,11-13,17H,3-4,7-10H2. The van der Waals surface area contributed by atoms with E-state index in [1.807, 2.05) is 12.1 Å². The molecule has 3 rings (SSSR count). The van der Waals surface area contributed by atoms with Gasteiger partial charge in [0.1, 0.15) is 0 Å². The third-order valence-corrected chi connectivity index (χ3v) is 4.49. The lowest BCUT2D eigenvalue weighted by atomic mass is 9.76. The smallest absolute Gasteiger partial charge is 0.0700 e. The minimum Gasteiger partial charge on any atom is -0.377 e. The fourth-order valence-corrected chi connectivity index (χ4v) is 3.24. The Morgan fingerprint density at radius 1 is 1.28 bits per heavy atom. The minimum absolute atomic E-state index is 0.448. The summed E-state index contributed by atoms with van der Waals surface area (Å²) in [6.45, 7) is 1.96. The van der Waals surface area contributed by atoms with Crippen LogP contribution in [0.4, 0.5) is 0 Å². The molecule has 1 N–H and O–H groups in total. The van der Waals surface area contributed by atoms with Crippen LogP contribution in [0.5, 0.6) is 0 Å². The van der Waals surface area contributed by atoms with Gasteiger partial charge in [-0.2, -0.15) is 0 Å². The Morgan fingerprint density at radius 2 is 2.11 bits per heavy atom. The highest BCUT2D eigenvalue weighted by Gasteiger charge is 2.31. The van der Waals surface area contributed by atoms with Crippen molar-refractivity contribution < 1.29 is 4.74 Å². The third kappa shape index (κ3) is 2.71. The zero-order valence-electron chi connectivity index (χ0n) is 10.6. The molecule has 98 valence electrons. The lowest BCUT2D eigenvalue weighted by Crippen LogP contribution is -2.43. The van der Waals surface area contributed by atoms with Crippen molar-refractivity contribution in [1.82, 2.24) is 5.32 Å². The zero-order chi connectivity index (χ0) is 12.4. The molecule has 1 saturated heterocycles. The van der Waals surface area contributed by atoms with Crippen LogP contribution in [0, 0.1) is 0 Å². The summed E-state index contributed by atoms with van der Waals surface area (Å²) in [5.74, 6) is 0.640. The van der Waals surface area contributed by atoms with Crippen molar-refractivity contribution in [3.8, 4) is 0 Å². The van der Waals surface area contributed by atoms with Crippen LogP contribution in [-0.4, -0.2) is 25.3 Å². The van der Waals surface area contributed by atoms with E-state index in [9.17, 15) is 0 Å².